The summed E-state index contributed by atoms with van der Waals surface area (Å²) in [5.41, 5.74) is 0. The van der Waals surface area contributed by atoms with Crippen molar-refractivity contribution in [1.82, 2.24) is 0 Å². The Labute approximate surface area is 149 Å². The fourth-order valence-corrected chi connectivity index (χ4v) is 7.88. The first kappa shape index (κ1) is 26.0. The Bertz CT molecular complexity index is 303. The lowest BCUT2D eigenvalue weighted by Crippen LogP contribution is -2.44. The third kappa shape index (κ3) is 9.90. The summed E-state index contributed by atoms with van der Waals surface area (Å²) in [5.74, 6) is -1.19. The largest absolute Gasteiger partial charge is 0.480 e. The SMILES string of the molecule is CC[Si](CC)(CC)OCC(O)O[Si](CC)(CC)CC.O=C(O)CO. The first-order valence-corrected chi connectivity index (χ1v) is 14.1. The summed E-state index contributed by atoms with van der Waals surface area (Å²) in [6, 6.07) is 6.54. The van der Waals surface area contributed by atoms with E-state index in [2.05, 4.69) is 41.5 Å². The zero-order valence-corrected chi connectivity index (χ0v) is 18.3. The highest BCUT2D eigenvalue weighted by Crippen LogP contribution is 2.25. The van der Waals surface area contributed by atoms with E-state index in [9.17, 15) is 5.11 Å². The van der Waals surface area contributed by atoms with Gasteiger partial charge in [-0.2, -0.15) is 0 Å². The van der Waals surface area contributed by atoms with Crippen LogP contribution in [0.5, 0.6) is 0 Å². The standard InChI is InChI=1S/C14H34O3Si2.C2H4O3/c1-7-18(8-2,9-3)16-13-14(15)17-19(10-4,11-5)12-6;3-1-2(4)5/h14-15H,7-13H2,1-6H3;3H,1H2,(H,4,5). The lowest BCUT2D eigenvalue weighted by atomic mass is 10.7. The van der Waals surface area contributed by atoms with Gasteiger partial charge in [-0.15, -0.1) is 0 Å². The van der Waals surface area contributed by atoms with E-state index in [1.54, 1.807) is 0 Å². The summed E-state index contributed by atoms with van der Waals surface area (Å²) >= 11 is 0. The van der Waals surface area contributed by atoms with Gasteiger partial charge in [-0.3, -0.25) is 0 Å². The van der Waals surface area contributed by atoms with Crippen LogP contribution in [-0.4, -0.2) is 57.4 Å². The van der Waals surface area contributed by atoms with E-state index in [-0.39, 0.29) is 0 Å². The highest BCUT2D eigenvalue weighted by atomic mass is 28.4. The van der Waals surface area contributed by atoms with Crippen molar-refractivity contribution >= 4 is 22.6 Å². The van der Waals surface area contributed by atoms with Gasteiger partial charge in [0.1, 0.15) is 6.61 Å². The van der Waals surface area contributed by atoms with Gasteiger partial charge in [0, 0.05) is 0 Å². The highest BCUT2D eigenvalue weighted by molar-refractivity contribution is 6.74. The second-order valence-corrected chi connectivity index (χ2v) is 15.4. The summed E-state index contributed by atoms with van der Waals surface area (Å²) in [6.07, 6.45) is -0.733. The summed E-state index contributed by atoms with van der Waals surface area (Å²) in [6.45, 7) is 12.7. The van der Waals surface area contributed by atoms with Crippen molar-refractivity contribution in [2.45, 2.75) is 84.1 Å². The Morgan fingerprint density at radius 1 is 0.875 bits per heavy atom. The van der Waals surface area contributed by atoms with Crippen LogP contribution in [0.2, 0.25) is 36.3 Å². The van der Waals surface area contributed by atoms with Gasteiger partial charge in [0.2, 0.25) is 0 Å². The molecule has 0 aliphatic carbocycles. The number of aliphatic hydroxyl groups excluding tert-OH is 2. The van der Waals surface area contributed by atoms with Gasteiger partial charge >= 0.3 is 5.97 Å². The fraction of sp³-hybridized carbons (Fsp3) is 0.938. The van der Waals surface area contributed by atoms with Crippen molar-refractivity contribution in [2.75, 3.05) is 13.2 Å². The minimum atomic E-state index is -1.72. The number of rotatable bonds is 12. The van der Waals surface area contributed by atoms with Crippen LogP contribution in [0, 0.1) is 0 Å². The number of hydrogen-bond acceptors (Lipinski definition) is 5. The van der Waals surface area contributed by atoms with Gasteiger partial charge in [-0.1, -0.05) is 41.5 Å². The second kappa shape index (κ2) is 14.0. The maximum atomic E-state index is 10.1. The first-order valence-electron chi connectivity index (χ1n) is 9.06. The maximum Gasteiger partial charge on any atom is 0.329 e. The van der Waals surface area contributed by atoms with E-state index in [0.29, 0.717) is 6.61 Å². The maximum absolute atomic E-state index is 10.1. The Morgan fingerprint density at radius 2 is 1.21 bits per heavy atom. The number of aliphatic carboxylic acids is 1. The normalized spacial score (nSPS) is 13.2. The first-order chi connectivity index (χ1) is 11.2. The predicted molar refractivity (Wildman–Crippen MR) is 102 cm³/mol. The molecule has 0 saturated heterocycles. The summed E-state index contributed by atoms with van der Waals surface area (Å²) in [7, 11) is -3.33. The van der Waals surface area contributed by atoms with Crippen molar-refractivity contribution in [3.63, 3.8) is 0 Å². The van der Waals surface area contributed by atoms with Crippen molar-refractivity contribution in [2.24, 2.45) is 0 Å². The van der Waals surface area contributed by atoms with Crippen LogP contribution in [0.3, 0.4) is 0 Å². The van der Waals surface area contributed by atoms with Gasteiger partial charge in [0.15, 0.2) is 22.9 Å². The molecule has 24 heavy (non-hydrogen) atoms. The minimum Gasteiger partial charge on any atom is -0.480 e. The molecular weight excluding hydrogens is 344 g/mol. The molecule has 0 radical (unpaired) electrons. The van der Waals surface area contributed by atoms with E-state index < -0.39 is 35.5 Å². The molecule has 0 aromatic carbocycles. The lowest BCUT2D eigenvalue weighted by molar-refractivity contribution is -0.140. The highest BCUT2D eigenvalue weighted by Gasteiger charge is 2.34. The zero-order valence-electron chi connectivity index (χ0n) is 16.3. The van der Waals surface area contributed by atoms with Crippen molar-refractivity contribution in [3.05, 3.63) is 0 Å². The Hall–Kier alpha value is -0.256. The zero-order chi connectivity index (χ0) is 19.2. The van der Waals surface area contributed by atoms with Gasteiger partial charge in [-0.05, 0) is 36.3 Å². The Morgan fingerprint density at radius 3 is 1.46 bits per heavy atom. The van der Waals surface area contributed by atoms with Crippen LogP contribution >= 0.6 is 0 Å². The number of carboxylic acid groups (broad SMARTS) is 1. The van der Waals surface area contributed by atoms with Crippen LogP contribution in [0.25, 0.3) is 0 Å². The van der Waals surface area contributed by atoms with Gasteiger partial charge in [0.25, 0.3) is 0 Å². The molecule has 8 heteroatoms. The summed E-state index contributed by atoms with van der Waals surface area (Å²) in [4.78, 5) is 9.12. The average Bonchev–Trinajstić information content (AvgIpc) is 2.62. The molecule has 1 unspecified atom stereocenters. The molecule has 3 N–H and O–H groups in total. The Balaban J connectivity index is 0. The van der Waals surface area contributed by atoms with Crippen LogP contribution in [0.4, 0.5) is 0 Å². The third-order valence-electron chi connectivity index (χ3n) is 4.92. The molecule has 0 heterocycles. The Kier molecular flexibility index (Phi) is 15.1. The molecule has 0 aliphatic rings. The molecular formula is C16H38O6Si2. The van der Waals surface area contributed by atoms with Gasteiger partial charge in [-0.25, -0.2) is 4.79 Å². The number of aliphatic hydroxyl groups is 2. The molecule has 6 nitrogen and oxygen atoms in total. The van der Waals surface area contributed by atoms with Crippen LogP contribution in [0.15, 0.2) is 0 Å². The van der Waals surface area contributed by atoms with Crippen molar-refractivity contribution in [1.29, 1.82) is 0 Å². The molecule has 0 fully saturated rings. The van der Waals surface area contributed by atoms with E-state index in [4.69, 9.17) is 23.9 Å². The van der Waals surface area contributed by atoms with Crippen LogP contribution < -0.4 is 0 Å². The molecule has 0 spiro atoms. The van der Waals surface area contributed by atoms with Gasteiger partial charge < -0.3 is 24.2 Å². The average molecular weight is 383 g/mol. The van der Waals surface area contributed by atoms with Crippen LogP contribution in [-0.2, 0) is 13.6 Å². The van der Waals surface area contributed by atoms with Gasteiger partial charge in [0.05, 0.1) is 6.61 Å². The molecule has 146 valence electrons. The molecule has 1 atom stereocenters. The van der Waals surface area contributed by atoms with E-state index in [1.807, 2.05) is 0 Å². The van der Waals surface area contributed by atoms with E-state index in [1.165, 1.54) is 0 Å². The topological polar surface area (TPSA) is 96.2 Å². The molecule has 0 rings (SSSR count). The minimum absolute atomic E-state index is 0.358. The number of carboxylic acids is 1. The molecule has 0 aromatic rings. The predicted octanol–water partition coefficient (Wildman–Crippen LogP) is 3.41. The number of carbonyl (C=O) groups is 1. The smallest absolute Gasteiger partial charge is 0.329 e. The van der Waals surface area contributed by atoms with Crippen molar-refractivity contribution < 1.29 is 29.0 Å². The molecule has 0 amide bonds. The summed E-state index contributed by atoms with van der Waals surface area (Å²) < 4.78 is 12.1. The number of hydrogen-bond donors (Lipinski definition) is 3. The quantitative estimate of drug-likeness (QED) is 0.353. The van der Waals surface area contributed by atoms with E-state index in [0.717, 1.165) is 36.3 Å². The second-order valence-electron chi connectivity index (χ2n) is 5.92. The molecule has 0 aromatic heterocycles. The molecule has 0 saturated carbocycles. The van der Waals surface area contributed by atoms with Crippen molar-refractivity contribution in [3.8, 4) is 0 Å². The van der Waals surface area contributed by atoms with E-state index >= 15 is 0 Å². The van der Waals surface area contributed by atoms with Crippen LogP contribution in [0.1, 0.15) is 41.5 Å². The lowest BCUT2D eigenvalue weighted by Gasteiger charge is -2.33. The fourth-order valence-electron chi connectivity index (χ4n) is 2.63. The third-order valence-corrected chi connectivity index (χ3v) is 14.2. The summed E-state index contributed by atoms with van der Waals surface area (Å²) in [5, 5.41) is 25.2. The molecule has 0 bridgehead atoms. The molecule has 0 aliphatic heterocycles. The monoisotopic (exact) mass is 382 g/mol.